The van der Waals surface area contributed by atoms with Crippen molar-refractivity contribution in [3.05, 3.63) is 79.9 Å². The SMILES string of the molecule is O=c1c(Cl)c(Cl)cnn1-c1ccc(S(=O)(=O)Nc2cccc(Cl)c2F)cc1. The quantitative estimate of drug-likeness (QED) is 0.651. The van der Waals surface area contributed by atoms with E-state index in [2.05, 4.69) is 9.82 Å². The molecule has 0 radical (unpaired) electrons. The molecule has 6 nitrogen and oxygen atoms in total. The van der Waals surface area contributed by atoms with Crippen molar-refractivity contribution < 1.29 is 12.8 Å². The van der Waals surface area contributed by atoms with Gasteiger partial charge in [-0.1, -0.05) is 40.9 Å². The van der Waals surface area contributed by atoms with Crippen molar-refractivity contribution in [2.75, 3.05) is 4.72 Å². The van der Waals surface area contributed by atoms with Crippen LogP contribution >= 0.6 is 34.8 Å². The third-order valence-corrected chi connectivity index (χ3v) is 5.89. The van der Waals surface area contributed by atoms with E-state index in [1.54, 1.807) is 0 Å². The Morgan fingerprint density at radius 3 is 2.33 bits per heavy atom. The van der Waals surface area contributed by atoms with Crippen molar-refractivity contribution in [2.24, 2.45) is 0 Å². The standard InChI is InChI=1S/C16H9Cl3FN3O3S/c17-11-2-1-3-13(15(11)20)22-27(25,26)10-6-4-9(5-7-10)23-16(24)14(19)12(18)8-21-23/h1-8,22H. The average Bonchev–Trinajstić information content (AvgIpc) is 2.64. The Hall–Kier alpha value is -2.13. The van der Waals surface area contributed by atoms with Crippen LogP contribution in [-0.2, 0) is 10.0 Å². The van der Waals surface area contributed by atoms with Gasteiger partial charge in [0.1, 0.15) is 5.02 Å². The minimum absolute atomic E-state index is 0.00450. The van der Waals surface area contributed by atoms with E-state index in [-0.39, 0.29) is 31.3 Å². The molecule has 0 unspecified atom stereocenters. The van der Waals surface area contributed by atoms with Crippen molar-refractivity contribution in [3.8, 4) is 5.69 Å². The molecule has 1 N–H and O–H groups in total. The van der Waals surface area contributed by atoms with Gasteiger partial charge in [-0.2, -0.15) is 9.78 Å². The summed E-state index contributed by atoms with van der Waals surface area (Å²) in [6, 6.07) is 9.11. The van der Waals surface area contributed by atoms with Crippen LogP contribution in [0.5, 0.6) is 0 Å². The van der Waals surface area contributed by atoms with Gasteiger partial charge in [-0.25, -0.2) is 12.8 Å². The lowest BCUT2D eigenvalue weighted by Gasteiger charge is -2.10. The van der Waals surface area contributed by atoms with Crippen LogP contribution in [0.3, 0.4) is 0 Å². The molecule has 0 spiro atoms. The molecule has 0 atom stereocenters. The highest BCUT2D eigenvalue weighted by atomic mass is 35.5. The van der Waals surface area contributed by atoms with E-state index < -0.39 is 21.4 Å². The van der Waals surface area contributed by atoms with Crippen LogP contribution in [0.2, 0.25) is 15.1 Å². The molecule has 0 saturated heterocycles. The monoisotopic (exact) mass is 447 g/mol. The smallest absolute Gasteiger partial charge is 0.277 e. The zero-order chi connectivity index (χ0) is 19.8. The van der Waals surface area contributed by atoms with Gasteiger partial charge in [0.05, 0.1) is 32.5 Å². The Labute approximate surface area is 168 Å². The summed E-state index contributed by atoms with van der Waals surface area (Å²) in [6.07, 6.45) is 1.19. The van der Waals surface area contributed by atoms with Gasteiger partial charge >= 0.3 is 0 Å². The number of hydrogen-bond acceptors (Lipinski definition) is 4. The first kappa shape index (κ1) is 19.6. The molecule has 3 rings (SSSR count). The lowest BCUT2D eigenvalue weighted by molar-refractivity contribution is 0.598. The average molecular weight is 449 g/mol. The largest absolute Gasteiger partial charge is 0.291 e. The summed E-state index contributed by atoms with van der Waals surface area (Å²) in [5, 5.41) is 3.43. The second-order valence-corrected chi connectivity index (χ2v) is 8.10. The maximum absolute atomic E-state index is 13.9. The number of benzene rings is 2. The van der Waals surface area contributed by atoms with Crippen LogP contribution in [0.25, 0.3) is 5.69 Å². The van der Waals surface area contributed by atoms with E-state index in [1.165, 1.54) is 48.7 Å². The maximum atomic E-state index is 13.9. The van der Waals surface area contributed by atoms with Crippen molar-refractivity contribution >= 4 is 50.5 Å². The molecule has 140 valence electrons. The number of hydrogen-bond donors (Lipinski definition) is 1. The predicted octanol–water partition coefficient (Wildman–Crippen LogP) is 4.13. The molecule has 0 bridgehead atoms. The van der Waals surface area contributed by atoms with Gasteiger partial charge in [0.25, 0.3) is 15.6 Å². The first-order chi connectivity index (χ1) is 12.7. The van der Waals surface area contributed by atoms with Crippen LogP contribution < -0.4 is 10.3 Å². The highest BCUT2D eigenvalue weighted by Crippen LogP contribution is 2.25. The molecule has 11 heteroatoms. The normalized spacial score (nSPS) is 11.4. The Kier molecular flexibility index (Phi) is 5.43. The molecule has 1 aromatic heterocycles. The van der Waals surface area contributed by atoms with Crippen molar-refractivity contribution in [3.63, 3.8) is 0 Å². The van der Waals surface area contributed by atoms with Crippen LogP contribution in [0.4, 0.5) is 10.1 Å². The molecular weight excluding hydrogens is 440 g/mol. The van der Waals surface area contributed by atoms with Crippen molar-refractivity contribution in [2.45, 2.75) is 4.90 Å². The Balaban J connectivity index is 1.94. The summed E-state index contributed by atoms with van der Waals surface area (Å²) >= 11 is 17.2. The van der Waals surface area contributed by atoms with Gasteiger partial charge in [0.2, 0.25) is 0 Å². The molecule has 0 aliphatic rings. The predicted molar refractivity (Wildman–Crippen MR) is 102 cm³/mol. The molecule has 0 fully saturated rings. The third kappa shape index (κ3) is 3.93. The number of anilines is 1. The summed E-state index contributed by atoms with van der Waals surface area (Å²) in [7, 11) is -4.08. The van der Waals surface area contributed by atoms with E-state index in [4.69, 9.17) is 34.8 Å². The van der Waals surface area contributed by atoms with Crippen LogP contribution in [0.15, 0.2) is 58.4 Å². The van der Waals surface area contributed by atoms with E-state index in [9.17, 15) is 17.6 Å². The summed E-state index contributed by atoms with van der Waals surface area (Å²) in [5.74, 6) is -0.883. The Morgan fingerprint density at radius 1 is 1.00 bits per heavy atom. The fourth-order valence-electron chi connectivity index (χ4n) is 2.15. The zero-order valence-corrected chi connectivity index (χ0v) is 16.2. The lowest BCUT2D eigenvalue weighted by atomic mass is 10.3. The third-order valence-electron chi connectivity index (χ3n) is 3.46. The maximum Gasteiger partial charge on any atom is 0.291 e. The molecule has 0 amide bonds. The number of sulfonamides is 1. The molecule has 0 aliphatic carbocycles. The second-order valence-electron chi connectivity index (χ2n) is 5.22. The highest BCUT2D eigenvalue weighted by molar-refractivity contribution is 7.92. The topological polar surface area (TPSA) is 81.1 Å². The van der Waals surface area contributed by atoms with Crippen molar-refractivity contribution in [1.29, 1.82) is 0 Å². The van der Waals surface area contributed by atoms with Crippen LogP contribution in [0, 0.1) is 5.82 Å². The van der Waals surface area contributed by atoms with E-state index in [1.807, 2.05) is 0 Å². The number of nitrogens with zero attached hydrogens (tertiary/aromatic N) is 2. The first-order valence-electron chi connectivity index (χ1n) is 7.21. The fraction of sp³-hybridized carbons (Fsp3) is 0. The van der Waals surface area contributed by atoms with E-state index in [0.29, 0.717) is 0 Å². The minimum Gasteiger partial charge on any atom is -0.277 e. The number of nitrogens with one attached hydrogen (secondary N) is 1. The van der Waals surface area contributed by atoms with Gasteiger partial charge < -0.3 is 0 Å². The van der Waals surface area contributed by atoms with E-state index in [0.717, 1.165) is 4.68 Å². The number of aromatic nitrogens is 2. The van der Waals surface area contributed by atoms with Gasteiger partial charge in [0.15, 0.2) is 5.82 Å². The zero-order valence-electron chi connectivity index (χ0n) is 13.2. The molecule has 3 aromatic rings. The lowest BCUT2D eigenvalue weighted by Crippen LogP contribution is -2.21. The minimum atomic E-state index is -4.08. The highest BCUT2D eigenvalue weighted by Gasteiger charge is 2.18. The second kappa shape index (κ2) is 7.47. The first-order valence-corrected chi connectivity index (χ1v) is 9.83. The Morgan fingerprint density at radius 2 is 1.67 bits per heavy atom. The number of halogens is 4. The van der Waals surface area contributed by atoms with Gasteiger partial charge in [-0.05, 0) is 36.4 Å². The van der Waals surface area contributed by atoms with Gasteiger partial charge in [-0.3, -0.25) is 9.52 Å². The summed E-state index contributed by atoms with van der Waals surface area (Å²) in [6.45, 7) is 0. The van der Waals surface area contributed by atoms with E-state index >= 15 is 0 Å². The molecule has 27 heavy (non-hydrogen) atoms. The summed E-state index contributed by atoms with van der Waals surface area (Å²) < 4.78 is 41.9. The van der Waals surface area contributed by atoms with Gasteiger partial charge in [-0.15, -0.1) is 0 Å². The van der Waals surface area contributed by atoms with Gasteiger partial charge in [0, 0.05) is 0 Å². The molecular formula is C16H9Cl3FN3O3S. The fourth-order valence-corrected chi connectivity index (χ4v) is 3.64. The molecule has 2 aromatic carbocycles. The molecule has 0 saturated carbocycles. The van der Waals surface area contributed by atoms with Crippen molar-refractivity contribution in [1.82, 2.24) is 9.78 Å². The molecule has 1 heterocycles. The summed E-state index contributed by atoms with van der Waals surface area (Å²) in [5.41, 5.74) is -0.667. The number of rotatable bonds is 4. The molecule has 0 aliphatic heterocycles. The Bertz CT molecular complexity index is 1180. The van der Waals surface area contributed by atoms with Crippen LogP contribution in [-0.4, -0.2) is 18.2 Å². The summed E-state index contributed by atoms with van der Waals surface area (Å²) in [4.78, 5) is 11.9. The van der Waals surface area contributed by atoms with Crippen LogP contribution in [0.1, 0.15) is 0 Å².